The highest BCUT2D eigenvalue weighted by Crippen LogP contribution is 2.29. The van der Waals surface area contributed by atoms with E-state index in [0.29, 0.717) is 11.5 Å². The molecule has 1 atom stereocenters. The van der Waals surface area contributed by atoms with Crippen LogP contribution in [0.5, 0.6) is 0 Å². The van der Waals surface area contributed by atoms with Crippen LogP contribution < -0.4 is 5.32 Å². The number of aromatic amines is 1. The summed E-state index contributed by atoms with van der Waals surface area (Å²) in [5, 5.41) is 23.2. The van der Waals surface area contributed by atoms with Gasteiger partial charge >= 0.3 is 0 Å². The number of carbonyl (C=O) groups is 1. The molecule has 1 aliphatic rings. The molecule has 23 heavy (non-hydrogen) atoms. The first-order chi connectivity index (χ1) is 11.1. The van der Waals surface area contributed by atoms with Crippen LogP contribution in [-0.2, 0) is 11.3 Å². The van der Waals surface area contributed by atoms with Crippen LogP contribution in [0, 0.1) is 13.8 Å². The van der Waals surface area contributed by atoms with Crippen LogP contribution in [0.2, 0.25) is 0 Å². The normalized spacial score (nSPS) is 17.2. The number of aromatic nitrogens is 6. The van der Waals surface area contributed by atoms with E-state index >= 15 is 0 Å². The predicted octanol–water partition coefficient (Wildman–Crippen LogP) is 1.68. The van der Waals surface area contributed by atoms with Crippen molar-refractivity contribution in [1.82, 2.24) is 30.2 Å². The zero-order chi connectivity index (χ0) is 16.0. The van der Waals surface area contributed by atoms with E-state index in [2.05, 4.69) is 30.8 Å². The molecule has 4 heterocycles. The van der Waals surface area contributed by atoms with Crippen molar-refractivity contribution in [1.29, 1.82) is 0 Å². The van der Waals surface area contributed by atoms with Gasteiger partial charge in [0.1, 0.15) is 0 Å². The van der Waals surface area contributed by atoms with Gasteiger partial charge in [-0.3, -0.25) is 14.6 Å². The SMILES string of the molecule is Cc1nnc2[nH]nc(NC(=O)C3CCCn4nccc43)c2c1C. The number of anilines is 1. The van der Waals surface area contributed by atoms with Crippen molar-refractivity contribution in [2.75, 3.05) is 5.32 Å². The van der Waals surface area contributed by atoms with Gasteiger partial charge in [-0.2, -0.15) is 15.3 Å². The van der Waals surface area contributed by atoms with Crippen molar-refractivity contribution in [3.8, 4) is 0 Å². The van der Waals surface area contributed by atoms with Gasteiger partial charge < -0.3 is 5.32 Å². The van der Waals surface area contributed by atoms with E-state index in [4.69, 9.17) is 0 Å². The molecule has 4 rings (SSSR count). The maximum atomic E-state index is 12.7. The molecule has 0 fully saturated rings. The van der Waals surface area contributed by atoms with Crippen LogP contribution in [0.4, 0.5) is 5.82 Å². The molecule has 8 heteroatoms. The molecule has 8 nitrogen and oxygen atoms in total. The summed E-state index contributed by atoms with van der Waals surface area (Å²) in [5.41, 5.74) is 3.33. The molecule has 0 aromatic carbocycles. The molecule has 0 radical (unpaired) electrons. The number of rotatable bonds is 2. The van der Waals surface area contributed by atoms with Crippen LogP contribution in [0.3, 0.4) is 0 Å². The fourth-order valence-corrected chi connectivity index (χ4v) is 3.12. The summed E-state index contributed by atoms with van der Waals surface area (Å²) in [4.78, 5) is 12.7. The Morgan fingerprint density at radius 2 is 2.26 bits per heavy atom. The van der Waals surface area contributed by atoms with Crippen molar-refractivity contribution >= 4 is 22.8 Å². The monoisotopic (exact) mass is 311 g/mol. The topological polar surface area (TPSA) is 101 Å². The van der Waals surface area contributed by atoms with E-state index in [9.17, 15) is 4.79 Å². The van der Waals surface area contributed by atoms with E-state index < -0.39 is 0 Å². The lowest BCUT2D eigenvalue weighted by molar-refractivity contribution is -0.118. The Labute approximate surface area is 132 Å². The number of nitrogens with one attached hydrogen (secondary N) is 2. The second-order valence-electron chi connectivity index (χ2n) is 5.87. The molecule has 0 bridgehead atoms. The third-order valence-corrected chi connectivity index (χ3v) is 4.49. The van der Waals surface area contributed by atoms with Gasteiger partial charge in [-0.1, -0.05) is 0 Å². The third kappa shape index (κ3) is 2.18. The van der Waals surface area contributed by atoms with Crippen molar-refractivity contribution in [3.63, 3.8) is 0 Å². The van der Waals surface area contributed by atoms with Gasteiger partial charge in [-0.15, -0.1) is 5.10 Å². The molecular formula is C15H17N7O. The largest absolute Gasteiger partial charge is 0.308 e. The predicted molar refractivity (Wildman–Crippen MR) is 84.0 cm³/mol. The minimum absolute atomic E-state index is 0.0614. The molecule has 2 N–H and O–H groups in total. The molecule has 0 saturated heterocycles. The standard InChI is InChI=1S/C15H17N7O/c1-8-9(2)18-20-14-12(8)13(19-21-14)17-15(23)10-4-3-7-22-11(10)5-6-16-22/h5-6,10H,3-4,7H2,1-2H3,(H2,17,19,20,21,23). The average molecular weight is 311 g/mol. The number of fused-ring (bicyclic) bond motifs is 2. The summed E-state index contributed by atoms with van der Waals surface area (Å²) in [5.74, 6) is 0.250. The molecule has 118 valence electrons. The minimum atomic E-state index is -0.200. The second kappa shape index (κ2) is 5.15. The van der Waals surface area contributed by atoms with Crippen LogP contribution in [0.15, 0.2) is 12.3 Å². The smallest absolute Gasteiger partial charge is 0.234 e. The van der Waals surface area contributed by atoms with E-state index in [1.165, 1.54) is 0 Å². The summed E-state index contributed by atoms with van der Waals surface area (Å²) in [6.07, 6.45) is 3.50. The van der Waals surface area contributed by atoms with Gasteiger partial charge in [0.2, 0.25) is 5.91 Å². The van der Waals surface area contributed by atoms with Crippen molar-refractivity contribution in [3.05, 3.63) is 29.2 Å². The lowest BCUT2D eigenvalue weighted by Crippen LogP contribution is -2.27. The van der Waals surface area contributed by atoms with E-state index in [1.54, 1.807) is 6.20 Å². The number of nitrogens with zero attached hydrogens (tertiary/aromatic N) is 5. The Kier molecular flexibility index (Phi) is 3.10. The quantitative estimate of drug-likeness (QED) is 0.750. The first kappa shape index (κ1) is 13.9. The lowest BCUT2D eigenvalue weighted by atomic mass is 9.95. The number of aryl methyl sites for hydroxylation is 3. The summed E-state index contributed by atoms with van der Waals surface area (Å²) in [6.45, 7) is 4.71. The molecule has 3 aromatic rings. The summed E-state index contributed by atoms with van der Waals surface area (Å²) in [6, 6.07) is 1.91. The van der Waals surface area contributed by atoms with Crippen LogP contribution in [0.1, 0.15) is 35.7 Å². The molecule has 0 saturated carbocycles. The number of hydrogen-bond donors (Lipinski definition) is 2. The molecule has 1 unspecified atom stereocenters. The maximum Gasteiger partial charge on any atom is 0.234 e. The lowest BCUT2D eigenvalue weighted by Gasteiger charge is -2.22. The van der Waals surface area contributed by atoms with Crippen molar-refractivity contribution in [2.24, 2.45) is 0 Å². The molecular weight excluding hydrogens is 294 g/mol. The fourth-order valence-electron chi connectivity index (χ4n) is 3.12. The molecule has 0 spiro atoms. The van der Waals surface area contributed by atoms with Gasteiger partial charge in [-0.05, 0) is 38.3 Å². The van der Waals surface area contributed by atoms with Crippen LogP contribution in [0.25, 0.3) is 11.0 Å². The Bertz CT molecular complexity index is 895. The minimum Gasteiger partial charge on any atom is -0.308 e. The fraction of sp³-hybridized carbons (Fsp3) is 0.400. The second-order valence-corrected chi connectivity index (χ2v) is 5.87. The summed E-state index contributed by atoms with van der Waals surface area (Å²) in [7, 11) is 0. The van der Waals surface area contributed by atoms with Crippen molar-refractivity contribution < 1.29 is 4.79 Å². The number of H-pyrrole nitrogens is 1. The first-order valence-corrected chi connectivity index (χ1v) is 7.65. The average Bonchev–Trinajstić information content (AvgIpc) is 3.17. The van der Waals surface area contributed by atoms with Crippen LogP contribution >= 0.6 is 0 Å². The number of carbonyl (C=O) groups excluding carboxylic acids is 1. The highest BCUT2D eigenvalue weighted by molar-refractivity contribution is 6.02. The number of hydrogen-bond acceptors (Lipinski definition) is 5. The van der Waals surface area contributed by atoms with Crippen LogP contribution in [-0.4, -0.2) is 36.1 Å². The van der Waals surface area contributed by atoms with Gasteiger partial charge in [0.15, 0.2) is 11.5 Å². The summed E-state index contributed by atoms with van der Waals surface area (Å²) < 4.78 is 1.90. The zero-order valence-electron chi connectivity index (χ0n) is 13.0. The van der Waals surface area contributed by atoms with E-state index in [0.717, 1.165) is 41.7 Å². The van der Waals surface area contributed by atoms with Crippen molar-refractivity contribution in [2.45, 2.75) is 39.2 Å². The highest BCUT2D eigenvalue weighted by atomic mass is 16.2. The summed E-state index contributed by atoms with van der Waals surface area (Å²) >= 11 is 0. The maximum absolute atomic E-state index is 12.7. The molecule has 1 amide bonds. The van der Waals surface area contributed by atoms with Gasteiger partial charge in [0.25, 0.3) is 0 Å². The number of amides is 1. The Morgan fingerprint density at radius 3 is 3.13 bits per heavy atom. The van der Waals surface area contributed by atoms with E-state index in [1.807, 2.05) is 24.6 Å². The Balaban J connectivity index is 1.67. The zero-order valence-corrected chi connectivity index (χ0v) is 13.0. The van der Waals surface area contributed by atoms with Gasteiger partial charge in [-0.25, -0.2) is 0 Å². The van der Waals surface area contributed by atoms with Gasteiger partial charge in [0.05, 0.1) is 22.7 Å². The molecule has 3 aromatic heterocycles. The molecule has 0 aliphatic carbocycles. The highest BCUT2D eigenvalue weighted by Gasteiger charge is 2.28. The Morgan fingerprint density at radius 1 is 1.39 bits per heavy atom. The Hall–Kier alpha value is -2.77. The first-order valence-electron chi connectivity index (χ1n) is 7.65. The third-order valence-electron chi connectivity index (χ3n) is 4.49. The van der Waals surface area contributed by atoms with E-state index in [-0.39, 0.29) is 11.8 Å². The van der Waals surface area contributed by atoms with Gasteiger partial charge in [0, 0.05) is 12.7 Å². The molecule has 1 aliphatic heterocycles.